The third-order valence-electron chi connectivity index (χ3n) is 7.58. The summed E-state index contributed by atoms with van der Waals surface area (Å²) >= 11 is 0. The Kier molecular flexibility index (Phi) is 6.32. The number of carbonyl (C=O) groups is 1. The lowest BCUT2D eigenvalue weighted by molar-refractivity contribution is -0.190. The number of likely N-dealkylation sites (tertiary alicyclic amines) is 1. The zero-order valence-corrected chi connectivity index (χ0v) is 21.1. The van der Waals surface area contributed by atoms with Gasteiger partial charge in [0, 0.05) is 38.5 Å². The minimum Gasteiger partial charge on any atom is -0.378 e. The highest BCUT2D eigenvalue weighted by Gasteiger charge is 2.45. The van der Waals surface area contributed by atoms with E-state index < -0.39 is 0 Å². The van der Waals surface area contributed by atoms with Crippen molar-refractivity contribution in [3.05, 3.63) is 53.3 Å². The summed E-state index contributed by atoms with van der Waals surface area (Å²) in [5.74, 6) is 0.627. The monoisotopic (exact) mass is 465 g/mol. The molecule has 184 valence electrons. The third-order valence-corrected chi connectivity index (χ3v) is 7.58. The summed E-state index contributed by atoms with van der Waals surface area (Å²) in [6, 6.07) is 12.5. The molecule has 2 aliphatic heterocycles. The number of aromatic nitrogens is 2. The van der Waals surface area contributed by atoms with E-state index in [0.717, 1.165) is 37.1 Å². The van der Waals surface area contributed by atoms with Gasteiger partial charge in [-0.25, -0.2) is 0 Å². The molecule has 1 spiro atoms. The molecular weight excluding hydrogens is 426 g/mol. The lowest BCUT2D eigenvalue weighted by atomic mass is 9.80. The Hall–Kier alpha value is -2.18. The van der Waals surface area contributed by atoms with Gasteiger partial charge in [-0.1, -0.05) is 30.3 Å². The Bertz CT molecular complexity index is 998. The zero-order chi connectivity index (χ0) is 23.9. The van der Waals surface area contributed by atoms with E-state index in [4.69, 9.17) is 14.6 Å². The molecule has 34 heavy (non-hydrogen) atoms. The van der Waals surface area contributed by atoms with Gasteiger partial charge in [0.2, 0.25) is 0 Å². The number of piperidine rings is 1. The van der Waals surface area contributed by atoms with Crippen LogP contribution in [0.25, 0.3) is 0 Å². The van der Waals surface area contributed by atoms with Gasteiger partial charge in [0.25, 0.3) is 5.91 Å². The highest BCUT2D eigenvalue weighted by Crippen LogP contribution is 2.44. The van der Waals surface area contributed by atoms with Crippen molar-refractivity contribution in [1.82, 2.24) is 14.7 Å². The number of nitrogens with zero attached hydrogens (tertiary/aromatic N) is 3. The number of hydrogen-bond acceptors (Lipinski definition) is 4. The van der Waals surface area contributed by atoms with E-state index in [1.165, 1.54) is 18.4 Å². The van der Waals surface area contributed by atoms with Crippen molar-refractivity contribution < 1.29 is 14.3 Å². The van der Waals surface area contributed by atoms with Crippen LogP contribution >= 0.6 is 0 Å². The molecule has 1 aromatic carbocycles. The van der Waals surface area contributed by atoms with Crippen molar-refractivity contribution in [3.8, 4) is 0 Å². The van der Waals surface area contributed by atoms with E-state index in [-0.39, 0.29) is 29.3 Å². The van der Waals surface area contributed by atoms with Crippen LogP contribution in [0.15, 0.2) is 36.4 Å². The Morgan fingerprint density at radius 3 is 2.50 bits per heavy atom. The maximum absolute atomic E-state index is 13.6. The van der Waals surface area contributed by atoms with Crippen LogP contribution in [0.1, 0.15) is 100.0 Å². The summed E-state index contributed by atoms with van der Waals surface area (Å²) in [6.07, 6.45) is 6.06. The highest BCUT2D eigenvalue weighted by molar-refractivity contribution is 5.93. The first-order valence-electron chi connectivity index (χ1n) is 13.0. The second-order valence-electron chi connectivity index (χ2n) is 11.3. The van der Waals surface area contributed by atoms with Crippen LogP contribution in [-0.4, -0.2) is 52.0 Å². The normalized spacial score (nSPS) is 25.0. The molecule has 0 N–H and O–H groups in total. The smallest absolute Gasteiger partial charge is 0.272 e. The first-order chi connectivity index (χ1) is 16.3. The standard InChI is InChI=1S/C28H39N3O3/c1-5-33-22-17-25(21-9-7-6-8-10-21)34-28(19-22)13-15-30(16-14-28)26(32)24-18-23(20-11-12-20)29-31(24)27(2,3)4/h6-10,18,20,22,25H,5,11-17,19H2,1-4H3/t22-,25-/m0/s1. The molecule has 0 bridgehead atoms. The molecule has 2 saturated heterocycles. The highest BCUT2D eigenvalue weighted by atomic mass is 16.5. The van der Waals surface area contributed by atoms with Gasteiger partial charge in [0.05, 0.1) is 29.0 Å². The number of benzene rings is 1. The number of carbonyl (C=O) groups excluding carboxylic acids is 1. The summed E-state index contributed by atoms with van der Waals surface area (Å²) in [7, 11) is 0. The van der Waals surface area contributed by atoms with Crippen LogP contribution < -0.4 is 0 Å². The minimum absolute atomic E-state index is 0.0391. The SMILES string of the molecule is CCO[C@H]1C[C@@H](c2ccccc2)OC2(CCN(C(=O)c3cc(C4CC4)nn3C(C)(C)C)CC2)C1. The first kappa shape index (κ1) is 23.6. The molecule has 1 saturated carbocycles. The van der Waals surface area contributed by atoms with Crippen LogP contribution in [0.4, 0.5) is 0 Å². The van der Waals surface area contributed by atoms with Gasteiger partial charge in [0.1, 0.15) is 5.69 Å². The van der Waals surface area contributed by atoms with Crippen molar-refractivity contribution in [2.75, 3.05) is 19.7 Å². The average Bonchev–Trinajstić information content (AvgIpc) is 3.56. The van der Waals surface area contributed by atoms with E-state index in [1.54, 1.807) is 0 Å². The van der Waals surface area contributed by atoms with Crippen molar-refractivity contribution >= 4 is 5.91 Å². The fourth-order valence-corrected chi connectivity index (χ4v) is 5.61. The van der Waals surface area contributed by atoms with Gasteiger partial charge in [-0.2, -0.15) is 5.10 Å². The van der Waals surface area contributed by atoms with E-state index in [0.29, 0.717) is 25.6 Å². The predicted molar refractivity (Wildman–Crippen MR) is 132 cm³/mol. The number of hydrogen-bond donors (Lipinski definition) is 0. The maximum atomic E-state index is 13.6. The van der Waals surface area contributed by atoms with Crippen molar-refractivity contribution in [2.24, 2.45) is 0 Å². The second-order valence-corrected chi connectivity index (χ2v) is 11.3. The lowest BCUT2D eigenvalue weighted by Gasteiger charge is -2.48. The van der Waals surface area contributed by atoms with Gasteiger partial charge in [-0.05, 0) is 65.0 Å². The Balaban J connectivity index is 1.32. The maximum Gasteiger partial charge on any atom is 0.272 e. The van der Waals surface area contributed by atoms with Gasteiger partial charge >= 0.3 is 0 Å². The van der Waals surface area contributed by atoms with Crippen LogP contribution in [0.3, 0.4) is 0 Å². The second kappa shape index (κ2) is 9.12. The minimum atomic E-state index is -0.237. The molecule has 3 fully saturated rings. The first-order valence-corrected chi connectivity index (χ1v) is 13.0. The van der Waals surface area contributed by atoms with Gasteiger partial charge in [-0.15, -0.1) is 0 Å². The molecule has 2 aromatic rings. The quantitative estimate of drug-likeness (QED) is 0.589. The fraction of sp³-hybridized carbons (Fsp3) is 0.643. The molecule has 0 unspecified atom stereocenters. The molecule has 6 heteroatoms. The number of amides is 1. The van der Waals surface area contributed by atoms with Crippen LogP contribution in [0.5, 0.6) is 0 Å². The molecule has 1 aromatic heterocycles. The van der Waals surface area contributed by atoms with Gasteiger partial charge < -0.3 is 14.4 Å². The lowest BCUT2D eigenvalue weighted by Crippen LogP contribution is -2.53. The van der Waals surface area contributed by atoms with Crippen LogP contribution in [0, 0.1) is 0 Å². The average molecular weight is 466 g/mol. The largest absolute Gasteiger partial charge is 0.378 e. The van der Waals surface area contributed by atoms with Gasteiger partial charge in [0.15, 0.2) is 0 Å². The molecule has 1 aliphatic carbocycles. The third kappa shape index (κ3) is 4.80. The van der Waals surface area contributed by atoms with Gasteiger partial charge in [-0.3, -0.25) is 9.48 Å². The van der Waals surface area contributed by atoms with E-state index >= 15 is 0 Å². The Morgan fingerprint density at radius 2 is 1.88 bits per heavy atom. The summed E-state index contributed by atoms with van der Waals surface area (Å²) in [5, 5.41) is 4.84. The molecule has 2 atom stereocenters. The van der Waals surface area contributed by atoms with Crippen molar-refractivity contribution in [2.45, 2.75) is 95.5 Å². The van der Waals surface area contributed by atoms with E-state index in [9.17, 15) is 4.79 Å². The van der Waals surface area contributed by atoms with E-state index in [2.05, 4.69) is 52.0 Å². The number of rotatable bonds is 5. The van der Waals surface area contributed by atoms with Crippen LogP contribution in [-0.2, 0) is 15.0 Å². The Labute approximate surface area is 203 Å². The topological polar surface area (TPSA) is 56.6 Å². The molecule has 3 heterocycles. The molecule has 3 aliphatic rings. The Morgan fingerprint density at radius 1 is 1.18 bits per heavy atom. The molecule has 0 radical (unpaired) electrons. The molecular formula is C28H39N3O3. The molecule has 1 amide bonds. The summed E-state index contributed by atoms with van der Waals surface area (Å²) < 4.78 is 14.9. The van der Waals surface area contributed by atoms with Crippen molar-refractivity contribution in [1.29, 1.82) is 0 Å². The molecule has 6 nitrogen and oxygen atoms in total. The van der Waals surface area contributed by atoms with Crippen LogP contribution in [0.2, 0.25) is 0 Å². The summed E-state index contributed by atoms with van der Waals surface area (Å²) in [5.41, 5.74) is 2.55. The summed E-state index contributed by atoms with van der Waals surface area (Å²) in [4.78, 5) is 15.7. The van der Waals surface area contributed by atoms with E-state index in [1.807, 2.05) is 21.7 Å². The van der Waals surface area contributed by atoms with Crippen molar-refractivity contribution in [3.63, 3.8) is 0 Å². The number of ether oxygens (including phenoxy) is 2. The predicted octanol–water partition coefficient (Wildman–Crippen LogP) is 5.45. The fourth-order valence-electron chi connectivity index (χ4n) is 5.61. The zero-order valence-electron chi connectivity index (χ0n) is 21.1. The summed E-state index contributed by atoms with van der Waals surface area (Å²) in [6.45, 7) is 10.5. The molecule has 5 rings (SSSR count).